The number of amides is 1. The van der Waals surface area contributed by atoms with Crippen LogP contribution >= 0.6 is 11.6 Å². The third-order valence-electron chi connectivity index (χ3n) is 4.33. The molecule has 1 atom stereocenters. The molecule has 0 radical (unpaired) electrons. The number of benzene rings is 1. The zero-order chi connectivity index (χ0) is 15.8. The second-order valence-electron chi connectivity index (χ2n) is 5.81. The van der Waals surface area contributed by atoms with Gasteiger partial charge < -0.3 is 9.30 Å². The van der Waals surface area contributed by atoms with Crippen LogP contribution in [0.2, 0.25) is 5.02 Å². The molecule has 4 nitrogen and oxygen atoms in total. The summed E-state index contributed by atoms with van der Waals surface area (Å²) in [5, 5.41) is 0.622. The second kappa shape index (κ2) is 5.70. The van der Waals surface area contributed by atoms with E-state index in [0.717, 1.165) is 25.0 Å². The summed E-state index contributed by atoms with van der Waals surface area (Å²) in [4.78, 5) is 19.3. The maximum absolute atomic E-state index is 12.9. The molecule has 3 heterocycles. The zero-order valence-electron chi connectivity index (χ0n) is 12.5. The van der Waals surface area contributed by atoms with E-state index in [1.807, 2.05) is 29.2 Å². The SMILES string of the molecule is O=C(c1cn2cc(Cl)ccc2n1)N1CCCC1c1ccccc1. The van der Waals surface area contributed by atoms with E-state index in [1.165, 1.54) is 5.56 Å². The zero-order valence-corrected chi connectivity index (χ0v) is 13.3. The number of rotatable bonds is 2. The van der Waals surface area contributed by atoms with E-state index >= 15 is 0 Å². The Morgan fingerprint density at radius 2 is 1.96 bits per heavy atom. The van der Waals surface area contributed by atoms with Crippen molar-refractivity contribution in [3.63, 3.8) is 0 Å². The fourth-order valence-electron chi connectivity index (χ4n) is 3.25. The van der Waals surface area contributed by atoms with E-state index in [2.05, 4.69) is 17.1 Å². The smallest absolute Gasteiger partial charge is 0.274 e. The van der Waals surface area contributed by atoms with Gasteiger partial charge in [-0.1, -0.05) is 41.9 Å². The van der Waals surface area contributed by atoms with E-state index in [-0.39, 0.29) is 11.9 Å². The number of pyridine rings is 1. The Balaban J connectivity index is 1.66. The first-order valence-corrected chi connectivity index (χ1v) is 8.10. The summed E-state index contributed by atoms with van der Waals surface area (Å²) in [5.41, 5.74) is 2.38. The summed E-state index contributed by atoms with van der Waals surface area (Å²) in [7, 11) is 0. The van der Waals surface area contributed by atoms with Crippen molar-refractivity contribution in [3.8, 4) is 0 Å². The first-order chi connectivity index (χ1) is 11.2. The number of imidazole rings is 1. The summed E-state index contributed by atoms with van der Waals surface area (Å²) in [6.07, 6.45) is 5.53. The molecule has 1 aliphatic rings. The van der Waals surface area contributed by atoms with Gasteiger partial charge in [0, 0.05) is 18.9 Å². The largest absolute Gasteiger partial charge is 0.330 e. The molecule has 5 heteroatoms. The van der Waals surface area contributed by atoms with Crippen molar-refractivity contribution in [1.29, 1.82) is 0 Å². The molecule has 1 saturated heterocycles. The summed E-state index contributed by atoms with van der Waals surface area (Å²) in [6.45, 7) is 0.771. The first kappa shape index (κ1) is 14.3. The van der Waals surface area contributed by atoms with Gasteiger partial charge in [0.05, 0.1) is 11.1 Å². The third-order valence-corrected chi connectivity index (χ3v) is 4.56. The highest BCUT2D eigenvalue weighted by Gasteiger charge is 2.31. The maximum Gasteiger partial charge on any atom is 0.274 e. The fraction of sp³-hybridized carbons (Fsp3) is 0.222. The van der Waals surface area contributed by atoms with Gasteiger partial charge in [0.25, 0.3) is 5.91 Å². The number of fused-ring (bicyclic) bond motifs is 1. The molecule has 0 N–H and O–H groups in total. The molecular formula is C18H16ClN3O. The molecule has 0 bridgehead atoms. The van der Waals surface area contributed by atoms with Crippen LogP contribution in [0.1, 0.15) is 34.9 Å². The van der Waals surface area contributed by atoms with E-state index in [4.69, 9.17) is 11.6 Å². The molecule has 1 aliphatic heterocycles. The lowest BCUT2D eigenvalue weighted by Crippen LogP contribution is -2.30. The number of carbonyl (C=O) groups excluding carboxylic acids is 1. The Labute approximate surface area is 139 Å². The molecule has 0 spiro atoms. The van der Waals surface area contributed by atoms with Crippen LogP contribution in [0.15, 0.2) is 54.9 Å². The lowest BCUT2D eigenvalue weighted by Gasteiger charge is -2.24. The monoisotopic (exact) mass is 325 g/mol. The van der Waals surface area contributed by atoms with Gasteiger partial charge in [0.1, 0.15) is 11.3 Å². The number of likely N-dealkylation sites (tertiary alicyclic amines) is 1. The minimum atomic E-state index is -0.0174. The Bertz CT molecular complexity index is 859. The standard InChI is InChI=1S/C18H16ClN3O/c19-14-8-9-17-20-15(12-21(17)11-14)18(23)22-10-4-7-16(22)13-5-2-1-3-6-13/h1-3,5-6,8-9,11-12,16H,4,7,10H2. The van der Waals surface area contributed by atoms with Gasteiger partial charge in [-0.05, 0) is 30.5 Å². The molecule has 1 amide bonds. The molecule has 1 unspecified atom stereocenters. The van der Waals surface area contributed by atoms with Gasteiger partial charge >= 0.3 is 0 Å². The van der Waals surface area contributed by atoms with E-state index in [0.29, 0.717) is 10.7 Å². The first-order valence-electron chi connectivity index (χ1n) is 7.72. The van der Waals surface area contributed by atoms with Crippen LogP contribution < -0.4 is 0 Å². The minimum Gasteiger partial charge on any atom is -0.330 e. The summed E-state index contributed by atoms with van der Waals surface area (Å²) >= 11 is 5.99. The van der Waals surface area contributed by atoms with E-state index in [9.17, 15) is 4.79 Å². The van der Waals surface area contributed by atoms with Crippen molar-refractivity contribution in [2.75, 3.05) is 6.54 Å². The van der Waals surface area contributed by atoms with Gasteiger partial charge in [-0.25, -0.2) is 4.98 Å². The van der Waals surface area contributed by atoms with Crippen molar-refractivity contribution in [3.05, 3.63) is 71.1 Å². The quantitative estimate of drug-likeness (QED) is 0.715. The number of aromatic nitrogens is 2. The number of halogens is 1. The summed E-state index contributed by atoms with van der Waals surface area (Å²) in [5.74, 6) is -0.0174. The van der Waals surface area contributed by atoms with Crippen LogP contribution in [0.25, 0.3) is 5.65 Å². The van der Waals surface area contributed by atoms with E-state index < -0.39 is 0 Å². The van der Waals surface area contributed by atoms with Crippen LogP contribution in [-0.4, -0.2) is 26.7 Å². The topological polar surface area (TPSA) is 37.6 Å². The fourth-order valence-corrected chi connectivity index (χ4v) is 3.41. The van der Waals surface area contributed by atoms with Crippen LogP contribution in [0, 0.1) is 0 Å². The van der Waals surface area contributed by atoms with Crippen molar-refractivity contribution < 1.29 is 4.79 Å². The van der Waals surface area contributed by atoms with Gasteiger partial charge in [0.2, 0.25) is 0 Å². The second-order valence-corrected chi connectivity index (χ2v) is 6.24. The van der Waals surface area contributed by atoms with Crippen LogP contribution in [0.4, 0.5) is 0 Å². The third kappa shape index (κ3) is 2.59. The molecule has 0 aliphatic carbocycles. The molecule has 3 aromatic rings. The van der Waals surface area contributed by atoms with Gasteiger partial charge in [-0.2, -0.15) is 0 Å². The lowest BCUT2D eigenvalue weighted by molar-refractivity contribution is 0.0730. The number of carbonyl (C=O) groups is 1. The highest BCUT2D eigenvalue weighted by molar-refractivity contribution is 6.30. The number of nitrogens with zero attached hydrogens (tertiary/aromatic N) is 3. The molecule has 4 rings (SSSR count). The van der Waals surface area contributed by atoms with Gasteiger partial charge in [0.15, 0.2) is 0 Å². The average molecular weight is 326 g/mol. The molecule has 23 heavy (non-hydrogen) atoms. The van der Waals surface area contributed by atoms with Crippen LogP contribution in [0.3, 0.4) is 0 Å². The van der Waals surface area contributed by atoms with Gasteiger partial charge in [-0.15, -0.1) is 0 Å². The molecule has 1 fully saturated rings. The molecule has 0 saturated carbocycles. The Morgan fingerprint density at radius 3 is 2.78 bits per heavy atom. The molecule has 116 valence electrons. The predicted octanol–water partition coefficient (Wildman–Crippen LogP) is 3.97. The average Bonchev–Trinajstić information content (AvgIpc) is 3.21. The highest BCUT2D eigenvalue weighted by atomic mass is 35.5. The maximum atomic E-state index is 12.9. The molecular weight excluding hydrogens is 310 g/mol. The Kier molecular flexibility index (Phi) is 3.54. The summed E-state index contributed by atoms with van der Waals surface area (Å²) < 4.78 is 1.79. The van der Waals surface area contributed by atoms with Crippen molar-refractivity contribution in [1.82, 2.24) is 14.3 Å². The van der Waals surface area contributed by atoms with Crippen LogP contribution in [0.5, 0.6) is 0 Å². The number of hydrogen-bond acceptors (Lipinski definition) is 2. The lowest BCUT2D eigenvalue weighted by atomic mass is 10.0. The Morgan fingerprint density at radius 1 is 1.13 bits per heavy atom. The number of hydrogen-bond donors (Lipinski definition) is 0. The van der Waals surface area contributed by atoms with Crippen molar-refractivity contribution in [2.24, 2.45) is 0 Å². The Hall–Kier alpha value is -2.33. The highest BCUT2D eigenvalue weighted by Crippen LogP contribution is 2.32. The van der Waals surface area contributed by atoms with Crippen molar-refractivity contribution in [2.45, 2.75) is 18.9 Å². The van der Waals surface area contributed by atoms with Crippen molar-refractivity contribution >= 4 is 23.2 Å². The van der Waals surface area contributed by atoms with E-state index in [1.54, 1.807) is 22.9 Å². The molecule has 1 aromatic carbocycles. The summed E-state index contributed by atoms with van der Waals surface area (Å²) in [6, 6.07) is 13.9. The van der Waals surface area contributed by atoms with Crippen LogP contribution in [-0.2, 0) is 0 Å². The normalized spacial score (nSPS) is 17.8. The van der Waals surface area contributed by atoms with Gasteiger partial charge in [-0.3, -0.25) is 4.79 Å². The molecule has 2 aromatic heterocycles. The minimum absolute atomic E-state index is 0.0174. The predicted molar refractivity (Wildman–Crippen MR) is 89.7 cm³/mol.